The van der Waals surface area contributed by atoms with E-state index in [-0.39, 0.29) is 18.8 Å². The molecule has 0 spiro atoms. The fourth-order valence-electron chi connectivity index (χ4n) is 17.5. The Labute approximate surface area is 596 Å². The first kappa shape index (κ1) is 62.8. The van der Waals surface area contributed by atoms with Gasteiger partial charge in [-0.05, 0) is 230 Å². The third-order valence-electron chi connectivity index (χ3n) is 21.5. The molecule has 4 aliphatic rings. The minimum Gasteiger partial charge on any atom is -0.311 e. The van der Waals surface area contributed by atoms with Gasteiger partial charge in [0.15, 0.2) is 0 Å². The molecule has 13 aromatic carbocycles. The molecule has 0 saturated heterocycles. The van der Waals surface area contributed by atoms with Gasteiger partial charge in [-0.25, -0.2) is 0 Å². The van der Waals surface area contributed by atoms with Crippen LogP contribution in [0.2, 0.25) is 0 Å². The lowest BCUT2D eigenvalue weighted by Gasteiger charge is -2.47. The van der Waals surface area contributed by atoms with Crippen molar-refractivity contribution < 1.29 is 0 Å². The van der Waals surface area contributed by atoms with Crippen LogP contribution in [0, 0.1) is 69.2 Å². The first-order chi connectivity index (χ1) is 48.4. The molecule has 4 aliphatic heterocycles. The summed E-state index contributed by atoms with van der Waals surface area (Å²) < 4.78 is 0. The average molecular weight is 1310 g/mol. The third-order valence-corrected chi connectivity index (χ3v) is 22.7. The zero-order valence-electron chi connectivity index (χ0n) is 59.5. The van der Waals surface area contributed by atoms with Gasteiger partial charge in [0, 0.05) is 66.5 Å². The Hall–Kier alpha value is -10.7. The van der Waals surface area contributed by atoms with E-state index in [1.54, 1.807) is 0 Å². The summed E-state index contributed by atoms with van der Waals surface area (Å²) in [6, 6.07) is 97.7. The molecule has 486 valence electrons. The van der Waals surface area contributed by atoms with E-state index in [4.69, 9.17) is 0 Å². The largest absolute Gasteiger partial charge is 0.311 e. The van der Waals surface area contributed by atoms with Crippen LogP contribution in [0.25, 0.3) is 11.1 Å². The highest BCUT2D eigenvalue weighted by Crippen LogP contribution is 2.54. The van der Waals surface area contributed by atoms with E-state index in [0.717, 1.165) is 34.1 Å². The van der Waals surface area contributed by atoms with Crippen molar-refractivity contribution in [1.82, 2.24) is 0 Å². The Morgan fingerprint density at radius 3 is 1.21 bits per heavy atom. The number of hydrogen-bond acceptors (Lipinski definition) is 6. The summed E-state index contributed by atoms with van der Waals surface area (Å²) in [4.78, 5) is 15.5. The van der Waals surface area contributed by atoms with Crippen molar-refractivity contribution in [1.29, 1.82) is 0 Å². The lowest BCUT2D eigenvalue weighted by atomic mass is 9.31. The van der Waals surface area contributed by atoms with Crippen molar-refractivity contribution in [2.75, 3.05) is 24.5 Å². The quantitative estimate of drug-likeness (QED) is 0.126. The van der Waals surface area contributed by atoms with E-state index in [9.17, 15) is 0 Å². The monoisotopic (exact) mass is 1310 g/mol. The lowest BCUT2D eigenvalue weighted by Crippen LogP contribution is -2.64. The van der Waals surface area contributed by atoms with E-state index < -0.39 is 0 Å². The highest BCUT2D eigenvalue weighted by atomic mass is 32.2. The first-order valence-corrected chi connectivity index (χ1v) is 36.2. The molecular weight excluding hydrogens is 1230 g/mol. The predicted octanol–water partition coefficient (Wildman–Crippen LogP) is 21.5. The molecule has 0 aromatic heterocycles. The molecule has 4 heterocycles. The van der Waals surface area contributed by atoms with Crippen molar-refractivity contribution in [2.24, 2.45) is 0 Å². The molecule has 0 fully saturated rings. The molecule has 0 unspecified atom stereocenters. The molecule has 0 amide bonds. The molecule has 0 N–H and O–H groups in total. The summed E-state index contributed by atoms with van der Waals surface area (Å²) >= 11 is 1.94. The zero-order chi connectivity index (χ0) is 68.7. The topological polar surface area (TPSA) is 16.2 Å². The van der Waals surface area contributed by atoms with Gasteiger partial charge in [0.1, 0.15) is 0 Å². The highest BCUT2D eigenvalue weighted by Gasteiger charge is 2.48. The van der Waals surface area contributed by atoms with Crippen molar-refractivity contribution in [3.8, 4) is 11.1 Å². The Bertz CT molecular complexity index is 5410. The normalized spacial score (nSPS) is 13.1. The molecule has 0 radical (unpaired) electrons. The Morgan fingerprint density at radius 1 is 0.300 bits per heavy atom. The van der Waals surface area contributed by atoms with Crippen LogP contribution < -0.4 is 57.3 Å². The summed E-state index contributed by atoms with van der Waals surface area (Å²) in [6.45, 7) is 29.4. The van der Waals surface area contributed by atoms with Crippen LogP contribution in [0.4, 0.5) is 85.3 Å². The van der Waals surface area contributed by atoms with E-state index in [1.807, 2.05) is 11.8 Å². The molecule has 0 bridgehead atoms. The fourth-order valence-corrected chi connectivity index (χ4v) is 18.7. The van der Waals surface area contributed by atoms with Crippen molar-refractivity contribution in [3.63, 3.8) is 0 Å². The molecule has 5 nitrogen and oxygen atoms in total. The molecule has 13 aromatic rings. The number of aryl methyl sites for hydroxylation is 10. The number of fused-ring (bicyclic) bond motifs is 8. The number of rotatable bonds is 10. The number of benzene rings is 13. The van der Waals surface area contributed by atoms with Crippen LogP contribution in [0.3, 0.4) is 0 Å². The lowest BCUT2D eigenvalue weighted by molar-refractivity contribution is 0.590. The average Bonchev–Trinajstić information content (AvgIpc) is 0.688. The van der Waals surface area contributed by atoms with Gasteiger partial charge >= 0.3 is 0 Å². The number of hydrogen-bond donors (Lipinski definition) is 0. The highest BCUT2D eigenvalue weighted by molar-refractivity contribution is 8.00. The van der Waals surface area contributed by atoms with Crippen LogP contribution in [0.1, 0.15) is 82.0 Å². The summed E-state index contributed by atoms with van der Waals surface area (Å²) in [5, 5.41) is 0. The number of nitrogens with zero attached hydrogens (tertiary/aromatic N) is 5. The summed E-state index contributed by atoms with van der Waals surface area (Å²) in [5.74, 6) is 0. The van der Waals surface area contributed by atoms with Gasteiger partial charge < -0.3 is 24.5 Å². The Morgan fingerprint density at radius 2 is 0.720 bits per heavy atom. The third kappa shape index (κ3) is 10.1. The second kappa shape index (κ2) is 24.1. The Balaban J connectivity index is 0.999. The van der Waals surface area contributed by atoms with Crippen LogP contribution in [-0.4, -0.2) is 13.4 Å². The van der Waals surface area contributed by atoms with Gasteiger partial charge in [-0.3, -0.25) is 0 Å². The van der Waals surface area contributed by atoms with Gasteiger partial charge in [-0.1, -0.05) is 231 Å². The van der Waals surface area contributed by atoms with Crippen LogP contribution in [-0.2, 0) is 5.41 Å². The van der Waals surface area contributed by atoms with Gasteiger partial charge in [-0.15, -0.1) is 0 Å². The summed E-state index contributed by atoms with van der Waals surface area (Å²) in [5.41, 5.74) is 41.3. The van der Waals surface area contributed by atoms with Gasteiger partial charge in [-0.2, -0.15) is 0 Å². The molecule has 0 saturated carbocycles. The smallest absolute Gasteiger partial charge is 0.252 e. The maximum Gasteiger partial charge on any atom is 0.252 e. The molecule has 100 heavy (non-hydrogen) atoms. The van der Waals surface area contributed by atoms with Gasteiger partial charge in [0.25, 0.3) is 6.71 Å². The van der Waals surface area contributed by atoms with Crippen molar-refractivity contribution in [2.45, 2.75) is 105 Å². The molecule has 0 atom stereocenters. The van der Waals surface area contributed by atoms with E-state index >= 15 is 0 Å². The molecule has 17 rings (SSSR count). The fraction of sp³-hybridized carbons (Fsp3) is 0.152. The molecular formula is C92H81B2N5S. The SMILES string of the molecule is Cc1cc(C)c(N2c3ccccc3B3c4cc5c(cc4Sc4cc(N(c6ccccc6)c6c(C)cccc6C)cc2c43)N(c2ccccc2-c2ccc(C(C)(C)C)cc2)c2cc(N(c3ccccc3)c3c(C)cccc3C)cc3c2B5c2ccccc2N3c2c(C)cc(C)cc2C)c(C)c1. The minimum atomic E-state index is -0.170. The predicted molar refractivity (Wildman–Crippen MR) is 431 cm³/mol. The second-order valence-electron chi connectivity index (χ2n) is 29.5. The maximum absolute atomic E-state index is 2.69. The van der Waals surface area contributed by atoms with Crippen molar-refractivity contribution >= 4 is 143 Å². The van der Waals surface area contributed by atoms with Crippen LogP contribution in [0.5, 0.6) is 0 Å². The molecule has 8 heteroatoms. The van der Waals surface area contributed by atoms with Gasteiger partial charge in [0.05, 0.1) is 34.1 Å². The van der Waals surface area contributed by atoms with E-state index in [0.29, 0.717) is 0 Å². The first-order valence-electron chi connectivity index (χ1n) is 35.4. The summed E-state index contributed by atoms with van der Waals surface area (Å²) in [6.07, 6.45) is 0. The second-order valence-corrected chi connectivity index (χ2v) is 30.6. The number of anilines is 15. The standard InChI is InChI=1S/C92H81B2N5S/c1-56-46-62(7)90(63(8)47-56)98-78-40-24-21-37-73(78)93-75-54-76-84(100-85-53-71(96(69-34-18-15-19-35-69)89-60(5)30-27-31-61(89)6)52-83-87(85)94(76)74-38-22-25-41-79(74)99(83)91-64(9)48-57(2)49-65(91)10)55-80(75)97(77-39-23-20-36-72(77)66-42-44-67(45-43-66)92(11,12)13)81-50-70(51-82(98)86(81)93)95(68-32-16-14-17-33-68)88-58(3)28-26-29-59(88)4/h14-55H,1-13H3. The zero-order valence-corrected chi connectivity index (χ0v) is 60.4. The number of para-hydroxylation sites is 7. The van der Waals surface area contributed by atoms with Gasteiger partial charge in [0.2, 0.25) is 6.71 Å². The molecule has 0 aliphatic carbocycles. The Kier molecular flexibility index (Phi) is 15.1. The van der Waals surface area contributed by atoms with Crippen molar-refractivity contribution in [3.05, 3.63) is 316 Å². The maximum atomic E-state index is 2.69. The minimum absolute atomic E-state index is 0.0132. The van der Waals surface area contributed by atoms with Crippen LogP contribution >= 0.6 is 11.8 Å². The van der Waals surface area contributed by atoms with E-state index in [2.05, 4.69) is 369 Å². The van der Waals surface area contributed by atoms with Crippen LogP contribution in [0.15, 0.2) is 265 Å². The van der Waals surface area contributed by atoms with E-state index in [1.165, 1.54) is 166 Å². The summed E-state index contributed by atoms with van der Waals surface area (Å²) in [7, 11) is 0.